The third-order valence-electron chi connectivity index (χ3n) is 2.61. The molecule has 0 aliphatic carbocycles. The third-order valence-corrected chi connectivity index (χ3v) is 4.78. The van der Waals surface area contributed by atoms with Crippen LogP contribution in [0.1, 0.15) is 12.0 Å². The third kappa shape index (κ3) is 5.59. The topological polar surface area (TPSA) is 81.4 Å². The Morgan fingerprint density at radius 3 is 2.81 bits per heavy atom. The van der Waals surface area contributed by atoms with E-state index >= 15 is 0 Å². The molecule has 0 fully saturated rings. The lowest BCUT2D eigenvalue weighted by atomic mass is 10.2. The molecule has 0 saturated heterocycles. The van der Waals surface area contributed by atoms with Gasteiger partial charge in [0.05, 0.1) is 13.7 Å². The van der Waals surface area contributed by atoms with E-state index in [1.165, 1.54) is 13.2 Å². The van der Waals surface area contributed by atoms with Crippen LogP contribution in [0.2, 0.25) is 0 Å². The molecule has 0 unspecified atom stereocenters. The number of sulfonamides is 1. The zero-order valence-electron chi connectivity index (χ0n) is 12.2. The number of hydrogen-bond donors (Lipinski definition) is 2. The fourth-order valence-corrected chi connectivity index (χ4v) is 3.32. The van der Waals surface area contributed by atoms with Gasteiger partial charge in [-0.3, -0.25) is 0 Å². The molecule has 0 radical (unpaired) electrons. The summed E-state index contributed by atoms with van der Waals surface area (Å²) in [5, 5.41) is 0. The second-order valence-corrected chi connectivity index (χ2v) is 6.84. The summed E-state index contributed by atoms with van der Waals surface area (Å²) in [4.78, 5) is 0.0953. The molecule has 0 aliphatic heterocycles. The molecule has 1 aromatic rings. The highest BCUT2D eigenvalue weighted by Crippen LogP contribution is 2.24. The monoisotopic (exact) mass is 328 g/mol. The standard InChI is InChI=1S/C14H20N2O3S2/c1-19-13-7-6-12(5-3-8-15)11-14(13)21(17,18)16-9-4-10-20-2/h6-7,11,16H,4,8-10,15H2,1-2H3. The Hall–Kier alpha value is -1.20. The van der Waals surface area contributed by atoms with Crippen molar-refractivity contribution in [2.45, 2.75) is 11.3 Å². The van der Waals surface area contributed by atoms with E-state index in [1.54, 1.807) is 23.9 Å². The maximum absolute atomic E-state index is 12.3. The summed E-state index contributed by atoms with van der Waals surface area (Å²) in [6.07, 6.45) is 2.76. The minimum Gasteiger partial charge on any atom is -0.495 e. The van der Waals surface area contributed by atoms with Gasteiger partial charge in [-0.15, -0.1) is 0 Å². The van der Waals surface area contributed by atoms with Crippen LogP contribution in [-0.2, 0) is 10.0 Å². The quantitative estimate of drug-likeness (QED) is 0.577. The smallest absolute Gasteiger partial charge is 0.244 e. The van der Waals surface area contributed by atoms with Crippen LogP contribution in [0.4, 0.5) is 0 Å². The van der Waals surface area contributed by atoms with Gasteiger partial charge in [-0.25, -0.2) is 13.1 Å². The molecule has 0 aromatic heterocycles. The van der Waals surface area contributed by atoms with Crippen molar-refractivity contribution >= 4 is 21.8 Å². The molecule has 1 rings (SSSR count). The lowest BCUT2D eigenvalue weighted by Crippen LogP contribution is -2.25. The predicted molar refractivity (Wildman–Crippen MR) is 87.1 cm³/mol. The fourth-order valence-electron chi connectivity index (χ4n) is 1.62. The van der Waals surface area contributed by atoms with Gasteiger partial charge in [0.2, 0.25) is 10.0 Å². The normalized spacial score (nSPS) is 10.8. The van der Waals surface area contributed by atoms with Gasteiger partial charge in [-0.1, -0.05) is 11.8 Å². The molecule has 0 spiro atoms. The molecule has 0 atom stereocenters. The number of nitrogens with two attached hydrogens (primary N) is 1. The van der Waals surface area contributed by atoms with E-state index in [4.69, 9.17) is 10.5 Å². The summed E-state index contributed by atoms with van der Waals surface area (Å²) < 4.78 is 32.4. The summed E-state index contributed by atoms with van der Waals surface area (Å²) in [7, 11) is -2.18. The Morgan fingerprint density at radius 2 is 2.19 bits per heavy atom. The van der Waals surface area contributed by atoms with E-state index < -0.39 is 10.0 Å². The van der Waals surface area contributed by atoms with E-state index in [1.807, 2.05) is 6.26 Å². The molecule has 116 valence electrons. The van der Waals surface area contributed by atoms with Crippen molar-refractivity contribution in [1.29, 1.82) is 0 Å². The summed E-state index contributed by atoms with van der Waals surface area (Å²) in [6.45, 7) is 0.617. The van der Waals surface area contributed by atoms with Crippen LogP contribution in [0.15, 0.2) is 23.1 Å². The Labute approximate surface area is 130 Å². The van der Waals surface area contributed by atoms with Crippen molar-refractivity contribution in [3.05, 3.63) is 23.8 Å². The van der Waals surface area contributed by atoms with Crippen LogP contribution < -0.4 is 15.2 Å². The zero-order chi connectivity index (χ0) is 15.7. The second kappa shape index (κ2) is 8.95. The lowest BCUT2D eigenvalue weighted by molar-refractivity contribution is 0.402. The fraction of sp³-hybridized carbons (Fsp3) is 0.429. The van der Waals surface area contributed by atoms with E-state index in [-0.39, 0.29) is 11.4 Å². The first-order valence-electron chi connectivity index (χ1n) is 6.40. The number of ether oxygens (including phenoxy) is 1. The molecule has 3 N–H and O–H groups in total. The molecule has 0 heterocycles. The van der Waals surface area contributed by atoms with Gasteiger partial charge in [0.15, 0.2) is 0 Å². The second-order valence-electron chi connectivity index (χ2n) is 4.12. The first-order chi connectivity index (χ1) is 10.0. The van der Waals surface area contributed by atoms with Crippen LogP contribution in [0.25, 0.3) is 0 Å². The number of rotatable bonds is 7. The minimum atomic E-state index is -3.61. The predicted octanol–water partition coefficient (Wildman–Crippen LogP) is 1.04. The number of benzene rings is 1. The van der Waals surface area contributed by atoms with Crippen molar-refractivity contribution in [3.8, 4) is 17.6 Å². The van der Waals surface area contributed by atoms with Gasteiger partial charge in [0, 0.05) is 12.1 Å². The maximum atomic E-state index is 12.3. The first-order valence-corrected chi connectivity index (χ1v) is 9.28. The van der Waals surface area contributed by atoms with Crippen molar-refractivity contribution in [2.75, 3.05) is 32.2 Å². The van der Waals surface area contributed by atoms with Gasteiger partial charge >= 0.3 is 0 Å². The molecule has 5 nitrogen and oxygen atoms in total. The molecule has 21 heavy (non-hydrogen) atoms. The van der Waals surface area contributed by atoms with E-state index in [0.29, 0.717) is 17.9 Å². The first kappa shape index (κ1) is 17.9. The van der Waals surface area contributed by atoms with Crippen LogP contribution in [0.3, 0.4) is 0 Å². The van der Waals surface area contributed by atoms with E-state index in [0.717, 1.165) is 12.2 Å². The van der Waals surface area contributed by atoms with Crippen molar-refractivity contribution in [3.63, 3.8) is 0 Å². The van der Waals surface area contributed by atoms with Crippen LogP contribution in [0.5, 0.6) is 5.75 Å². The van der Waals surface area contributed by atoms with Crippen molar-refractivity contribution in [2.24, 2.45) is 5.73 Å². The molecule has 0 aliphatic rings. The van der Waals surface area contributed by atoms with Gasteiger partial charge in [-0.05, 0) is 36.6 Å². The Balaban J connectivity index is 3.01. The average molecular weight is 328 g/mol. The summed E-state index contributed by atoms with van der Waals surface area (Å²) in [6, 6.07) is 4.80. The van der Waals surface area contributed by atoms with Crippen LogP contribution in [-0.4, -0.2) is 40.6 Å². The highest BCUT2D eigenvalue weighted by Gasteiger charge is 2.19. The Bertz CT molecular complexity index is 619. The summed E-state index contributed by atoms with van der Waals surface area (Å²) in [5.74, 6) is 6.72. The number of thioether (sulfide) groups is 1. The SMILES string of the molecule is COc1ccc(C#CCN)cc1S(=O)(=O)NCCCSC. The molecule has 0 amide bonds. The van der Waals surface area contributed by atoms with Gasteiger partial charge in [0.1, 0.15) is 10.6 Å². The van der Waals surface area contributed by atoms with Crippen LogP contribution >= 0.6 is 11.8 Å². The lowest BCUT2D eigenvalue weighted by Gasteiger charge is -2.11. The highest BCUT2D eigenvalue weighted by molar-refractivity contribution is 7.98. The van der Waals surface area contributed by atoms with E-state index in [9.17, 15) is 8.42 Å². The molecular weight excluding hydrogens is 308 g/mol. The number of nitrogens with one attached hydrogen (secondary N) is 1. The minimum absolute atomic E-state index is 0.0953. The molecular formula is C14H20N2O3S2. The molecule has 0 saturated carbocycles. The highest BCUT2D eigenvalue weighted by atomic mass is 32.2. The molecule has 1 aromatic carbocycles. The van der Waals surface area contributed by atoms with Crippen LogP contribution in [0, 0.1) is 11.8 Å². The molecule has 0 bridgehead atoms. The number of methoxy groups -OCH3 is 1. The van der Waals surface area contributed by atoms with Gasteiger partial charge < -0.3 is 10.5 Å². The van der Waals surface area contributed by atoms with Gasteiger partial charge in [-0.2, -0.15) is 11.8 Å². The Morgan fingerprint density at radius 1 is 1.43 bits per heavy atom. The van der Waals surface area contributed by atoms with Crippen molar-refractivity contribution in [1.82, 2.24) is 4.72 Å². The average Bonchev–Trinajstić information content (AvgIpc) is 2.49. The number of hydrogen-bond acceptors (Lipinski definition) is 5. The summed E-state index contributed by atoms with van der Waals surface area (Å²) in [5.41, 5.74) is 5.91. The van der Waals surface area contributed by atoms with Crippen molar-refractivity contribution < 1.29 is 13.2 Å². The Kier molecular flexibility index (Phi) is 7.61. The largest absolute Gasteiger partial charge is 0.495 e. The maximum Gasteiger partial charge on any atom is 0.244 e. The van der Waals surface area contributed by atoms with E-state index in [2.05, 4.69) is 16.6 Å². The van der Waals surface area contributed by atoms with Gasteiger partial charge in [0.25, 0.3) is 0 Å². The molecule has 7 heteroatoms. The summed E-state index contributed by atoms with van der Waals surface area (Å²) >= 11 is 1.68. The zero-order valence-corrected chi connectivity index (χ0v) is 13.8.